The summed E-state index contributed by atoms with van der Waals surface area (Å²) in [4.78, 5) is 17.5. The average molecular weight is 408 g/mol. The van der Waals surface area contributed by atoms with Gasteiger partial charge >= 0.3 is 0 Å². The Hall–Kier alpha value is -2.93. The Morgan fingerprint density at radius 1 is 1.10 bits per heavy atom. The number of alkyl halides is 1. The van der Waals surface area contributed by atoms with Gasteiger partial charge in [-0.3, -0.25) is 9.97 Å². The first kappa shape index (κ1) is 20.3. The van der Waals surface area contributed by atoms with Crippen molar-refractivity contribution in [3.05, 3.63) is 65.6 Å². The van der Waals surface area contributed by atoms with Crippen molar-refractivity contribution >= 4 is 0 Å². The maximum Gasteiger partial charge on any atom is 0.224 e. The van der Waals surface area contributed by atoms with Gasteiger partial charge in [0.15, 0.2) is 0 Å². The summed E-state index contributed by atoms with van der Waals surface area (Å²) < 4.78 is 18.7. The van der Waals surface area contributed by atoms with Gasteiger partial charge in [0.2, 0.25) is 5.88 Å². The predicted octanol–water partition coefficient (Wildman–Crippen LogP) is 4.12. The van der Waals surface area contributed by atoms with E-state index in [1.165, 1.54) is 0 Å². The normalized spacial score (nSPS) is 18.3. The molecule has 1 N–H and O–H groups in total. The van der Waals surface area contributed by atoms with Gasteiger partial charge in [0, 0.05) is 47.2 Å². The lowest BCUT2D eigenvalue weighted by Gasteiger charge is -2.17. The SMILES string of the molecule is Cc1ncc(-c2ccc(C(C)(C)O)nc2)c(OC[C@H]2C[C@@H]2c2ccc(CF)cn2)n1. The Morgan fingerprint density at radius 3 is 2.57 bits per heavy atom. The Balaban J connectivity index is 1.46. The predicted molar refractivity (Wildman–Crippen MR) is 111 cm³/mol. The van der Waals surface area contributed by atoms with E-state index in [-0.39, 0.29) is 0 Å². The number of hydrogen-bond acceptors (Lipinski definition) is 6. The molecule has 0 bridgehead atoms. The van der Waals surface area contributed by atoms with E-state index in [4.69, 9.17) is 4.74 Å². The van der Waals surface area contributed by atoms with Crippen LogP contribution in [0.1, 0.15) is 49.0 Å². The zero-order chi connectivity index (χ0) is 21.3. The maximum absolute atomic E-state index is 12.7. The molecule has 1 fully saturated rings. The lowest BCUT2D eigenvalue weighted by atomic mass is 10.0. The van der Waals surface area contributed by atoms with Crippen LogP contribution in [0.15, 0.2) is 42.9 Å². The minimum Gasteiger partial charge on any atom is -0.477 e. The number of nitrogens with zero attached hydrogens (tertiary/aromatic N) is 4. The van der Waals surface area contributed by atoms with Gasteiger partial charge in [0.05, 0.1) is 17.9 Å². The van der Waals surface area contributed by atoms with E-state index >= 15 is 0 Å². The molecule has 1 aliphatic carbocycles. The van der Waals surface area contributed by atoms with Crippen molar-refractivity contribution in [1.82, 2.24) is 19.9 Å². The summed E-state index contributed by atoms with van der Waals surface area (Å²) in [6.45, 7) is 5.25. The maximum atomic E-state index is 12.7. The summed E-state index contributed by atoms with van der Waals surface area (Å²) in [5.41, 5.74) is 2.75. The number of aromatic nitrogens is 4. The first-order valence-electron chi connectivity index (χ1n) is 10.0. The van der Waals surface area contributed by atoms with Crippen molar-refractivity contribution < 1.29 is 14.2 Å². The minimum atomic E-state index is -1.00. The fourth-order valence-electron chi connectivity index (χ4n) is 3.39. The van der Waals surface area contributed by atoms with Gasteiger partial charge in [-0.1, -0.05) is 12.1 Å². The molecule has 0 aromatic carbocycles. The Morgan fingerprint density at radius 2 is 1.93 bits per heavy atom. The lowest BCUT2D eigenvalue weighted by molar-refractivity contribution is 0.0739. The van der Waals surface area contributed by atoms with Crippen LogP contribution in [0.4, 0.5) is 4.39 Å². The van der Waals surface area contributed by atoms with Crippen LogP contribution in [0, 0.1) is 12.8 Å². The van der Waals surface area contributed by atoms with Crippen LogP contribution in [0.25, 0.3) is 11.1 Å². The van der Waals surface area contributed by atoms with Gasteiger partial charge in [-0.2, -0.15) is 4.98 Å². The van der Waals surface area contributed by atoms with Crippen LogP contribution in [-0.2, 0) is 12.3 Å². The molecule has 6 nitrogen and oxygen atoms in total. The Bertz CT molecular complexity index is 1020. The molecule has 0 aliphatic heterocycles. The molecule has 0 radical (unpaired) electrons. The second kappa shape index (κ2) is 8.07. The molecule has 0 spiro atoms. The molecule has 0 amide bonds. The van der Waals surface area contributed by atoms with Gasteiger partial charge < -0.3 is 9.84 Å². The molecular formula is C23H25FN4O2. The van der Waals surface area contributed by atoms with Gasteiger partial charge in [-0.15, -0.1) is 0 Å². The standard InChI is InChI=1S/C23H25FN4O2/c1-14-25-12-19(16-5-7-21(27-11-16)23(2,3)29)22(28-14)30-13-17-8-18(17)20-6-4-15(9-24)10-26-20/h4-7,10-12,17-18,29H,8-9,13H2,1-3H3/t17-,18+/m1/s1. The first-order valence-corrected chi connectivity index (χ1v) is 10.0. The molecule has 0 saturated heterocycles. The van der Waals surface area contributed by atoms with Crippen LogP contribution in [0.2, 0.25) is 0 Å². The van der Waals surface area contributed by atoms with Gasteiger partial charge in [-0.05, 0) is 39.3 Å². The first-order chi connectivity index (χ1) is 14.3. The topological polar surface area (TPSA) is 81.0 Å². The third kappa shape index (κ3) is 4.46. The fourth-order valence-corrected chi connectivity index (χ4v) is 3.39. The molecule has 156 valence electrons. The average Bonchev–Trinajstić information content (AvgIpc) is 3.51. The molecule has 1 saturated carbocycles. The highest BCUT2D eigenvalue weighted by molar-refractivity contribution is 5.67. The smallest absolute Gasteiger partial charge is 0.224 e. The van der Waals surface area contributed by atoms with E-state index < -0.39 is 12.3 Å². The van der Waals surface area contributed by atoms with E-state index in [0.717, 1.165) is 23.2 Å². The molecule has 2 atom stereocenters. The highest BCUT2D eigenvalue weighted by Crippen LogP contribution is 2.47. The summed E-state index contributed by atoms with van der Waals surface area (Å²) in [7, 11) is 0. The summed E-state index contributed by atoms with van der Waals surface area (Å²) in [6, 6.07) is 7.37. The van der Waals surface area contributed by atoms with E-state index in [1.54, 1.807) is 44.6 Å². The van der Waals surface area contributed by atoms with Gasteiger partial charge in [0.25, 0.3) is 0 Å². The molecular weight excluding hydrogens is 383 g/mol. The number of ether oxygens (including phenoxy) is 1. The lowest BCUT2D eigenvalue weighted by Crippen LogP contribution is -2.17. The zero-order valence-electron chi connectivity index (χ0n) is 17.3. The van der Waals surface area contributed by atoms with E-state index in [9.17, 15) is 9.50 Å². The van der Waals surface area contributed by atoms with Crippen LogP contribution in [-0.4, -0.2) is 31.6 Å². The van der Waals surface area contributed by atoms with Crippen molar-refractivity contribution in [1.29, 1.82) is 0 Å². The second-order valence-electron chi connectivity index (χ2n) is 8.27. The van der Waals surface area contributed by atoms with E-state index in [0.29, 0.717) is 41.4 Å². The van der Waals surface area contributed by atoms with Crippen molar-refractivity contribution in [3.8, 4) is 17.0 Å². The zero-order valence-corrected chi connectivity index (χ0v) is 17.3. The fraction of sp³-hybridized carbons (Fsp3) is 0.391. The summed E-state index contributed by atoms with van der Waals surface area (Å²) in [5.74, 6) is 1.84. The Kier molecular flexibility index (Phi) is 5.47. The summed E-state index contributed by atoms with van der Waals surface area (Å²) >= 11 is 0. The van der Waals surface area contributed by atoms with Crippen molar-refractivity contribution in [2.24, 2.45) is 5.92 Å². The highest BCUT2D eigenvalue weighted by Gasteiger charge is 2.40. The number of hydrogen-bond donors (Lipinski definition) is 1. The number of pyridine rings is 2. The van der Waals surface area contributed by atoms with E-state index in [2.05, 4.69) is 19.9 Å². The minimum absolute atomic E-state index is 0.331. The number of aliphatic hydroxyl groups is 1. The highest BCUT2D eigenvalue weighted by atomic mass is 19.1. The summed E-state index contributed by atoms with van der Waals surface area (Å²) in [5, 5.41) is 10.1. The van der Waals surface area contributed by atoms with Crippen molar-refractivity contribution in [2.45, 2.75) is 45.4 Å². The summed E-state index contributed by atoms with van der Waals surface area (Å²) in [6.07, 6.45) is 6.02. The van der Waals surface area contributed by atoms with Crippen LogP contribution >= 0.6 is 0 Å². The van der Waals surface area contributed by atoms with Gasteiger partial charge in [-0.25, -0.2) is 9.37 Å². The monoisotopic (exact) mass is 408 g/mol. The largest absolute Gasteiger partial charge is 0.477 e. The molecule has 3 aromatic rings. The Labute approximate surface area is 175 Å². The van der Waals surface area contributed by atoms with Crippen molar-refractivity contribution in [3.63, 3.8) is 0 Å². The third-order valence-corrected chi connectivity index (χ3v) is 5.31. The van der Waals surface area contributed by atoms with Gasteiger partial charge in [0.1, 0.15) is 18.1 Å². The number of halogens is 1. The van der Waals surface area contributed by atoms with Crippen LogP contribution < -0.4 is 4.74 Å². The molecule has 1 aliphatic rings. The molecule has 30 heavy (non-hydrogen) atoms. The third-order valence-electron chi connectivity index (χ3n) is 5.31. The molecule has 3 heterocycles. The second-order valence-corrected chi connectivity index (χ2v) is 8.27. The quantitative estimate of drug-likeness (QED) is 0.633. The van der Waals surface area contributed by atoms with Crippen LogP contribution in [0.3, 0.4) is 0 Å². The molecule has 3 aromatic heterocycles. The van der Waals surface area contributed by atoms with Crippen LogP contribution in [0.5, 0.6) is 5.88 Å². The van der Waals surface area contributed by atoms with Crippen molar-refractivity contribution in [2.75, 3.05) is 6.61 Å². The molecule has 4 rings (SSSR count). The number of aryl methyl sites for hydroxylation is 1. The number of rotatable bonds is 7. The van der Waals surface area contributed by atoms with E-state index in [1.807, 2.05) is 19.1 Å². The molecule has 0 unspecified atom stereocenters. The molecule has 7 heteroatoms.